The van der Waals surface area contributed by atoms with E-state index in [0.717, 1.165) is 19.3 Å². The first-order valence-electron chi connectivity index (χ1n) is 13.6. The van der Waals surface area contributed by atoms with E-state index >= 15 is 0 Å². The zero-order valence-corrected chi connectivity index (χ0v) is 23.6. The molecular weight excluding hydrogens is 558 g/mol. The second-order valence-corrected chi connectivity index (χ2v) is 10.5. The summed E-state index contributed by atoms with van der Waals surface area (Å²) in [5.74, 6) is 0.0420. The largest absolute Gasteiger partial charge is 0.495 e. The monoisotopic (exact) mass is 585 g/mol. The quantitative estimate of drug-likeness (QED) is 0.238. The Morgan fingerprint density at radius 1 is 1.07 bits per heavy atom. The molecule has 0 spiro atoms. The minimum Gasteiger partial charge on any atom is -0.495 e. The van der Waals surface area contributed by atoms with Crippen molar-refractivity contribution in [3.05, 3.63) is 88.8 Å². The van der Waals surface area contributed by atoms with Crippen molar-refractivity contribution in [1.29, 1.82) is 0 Å². The molecule has 1 N–H and O–H groups in total. The minimum atomic E-state index is -0.865. The van der Waals surface area contributed by atoms with Gasteiger partial charge in [-0.25, -0.2) is 0 Å². The second-order valence-electron chi connectivity index (χ2n) is 10.1. The van der Waals surface area contributed by atoms with E-state index in [9.17, 15) is 9.59 Å². The summed E-state index contributed by atoms with van der Waals surface area (Å²) < 4.78 is 18.2. The molecule has 1 saturated heterocycles. The Balaban J connectivity index is 1.40. The molecule has 0 aliphatic carbocycles. The molecule has 214 valence electrons. The summed E-state index contributed by atoms with van der Waals surface area (Å²) in [4.78, 5) is 36.2. The highest BCUT2D eigenvalue weighted by molar-refractivity contribution is 6.31. The summed E-state index contributed by atoms with van der Waals surface area (Å²) in [5, 5.41) is 7.51. The summed E-state index contributed by atoms with van der Waals surface area (Å²) in [6.45, 7) is 0.624. The molecule has 4 heterocycles. The van der Waals surface area contributed by atoms with Crippen molar-refractivity contribution in [1.82, 2.24) is 19.7 Å². The molecule has 0 bridgehead atoms. The fraction of sp³-hybridized carbons (Fsp3) is 0.258. The highest BCUT2D eigenvalue weighted by Gasteiger charge is 2.29. The third-order valence-electron chi connectivity index (χ3n) is 7.38. The predicted molar refractivity (Wildman–Crippen MR) is 159 cm³/mol. The van der Waals surface area contributed by atoms with Crippen LogP contribution in [0.5, 0.6) is 5.75 Å². The number of rotatable bonds is 8. The van der Waals surface area contributed by atoms with Gasteiger partial charge in [0.05, 0.1) is 30.4 Å². The number of carbonyl (C=O) groups excluding carboxylic acids is 1. The standard InChI is InChI=1S/C31H28ClN5O5/c1-40-29-18-37(30(38)17-24(29)23-14-19(32)5-7-22(23)25-9-13-42-36-25)28(16-21-4-2-3-12-41-21)31(39)35-20-6-8-26-27(15-20)34-11-10-33-26/h5-11,13-15,17-18,21,28H,2-4,12,16H2,1H3,(H,35,39)/t21-,28?/m0/s1. The van der Waals surface area contributed by atoms with Gasteiger partial charge in [-0.15, -0.1) is 0 Å². The number of benzene rings is 2. The summed E-state index contributed by atoms with van der Waals surface area (Å²) in [5.41, 5.74) is 3.99. The molecule has 1 unspecified atom stereocenters. The fourth-order valence-corrected chi connectivity index (χ4v) is 5.49. The molecule has 6 rings (SSSR count). The van der Waals surface area contributed by atoms with Crippen LogP contribution < -0.4 is 15.6 Å². The van der Waals surface area contributed by atoms with E-state index in [2.05, 4.69) is 20.4 Å². The number of anilines is 1. The zero-order chi connectivity index (χ0) is 29.1. The van der Waals surface area contributed by atoms with E-state index in [1.54, 1.807) is 55.0 Å². The number of carbonyl (C=O) groups is 1. The van der Waals surface area contributed by atoms with Gasteiger partial charge in [0, 0.05) is 59.4 Å². The molecule has 1 aliphatic heterocycles. The Hall–Kier alpha value is -4.54. The van der Waals surface area contributed by atoms with Crippen molar-refractivity contribution < 1.29 is 18.8 Å². The number of hydrogen-bond donors (Lipinski definition) is 1. The van der Waals surface area contributed by atoms with Crippen LogP contribution in [-0.2, 0) is 9.53 Å². The van der Waals surface area contributed by atoms with E-state index < -0.39 is 6.04 Å². The summed E-state index contributed by atoms with van der Waals surface area (Å²) in [6.07, 6.45) is 9.19. The van der Waals surface area contributed by atoms with E-state index in [0.29, 0.717) is 62.9 Å². The highest BCUT2D eigenvalue weighted by atomic mass is 35.5. The van der Waals surface area contributed by atoms with Crippen molar-refractivity contribution >= 4 is 34.2 Å². The van der Waals surface area contributed by atoms with Gasteiger partial charge < -0.3 is 19.3 Å². The average molecular weight is 586 g/mol. The van der Waals surface area contributed by atoms with Crippen molar-refractivity contribution in [2.75, 3.05) is 19.0 Å². The number of hydrogen-bond acceptors (Lipinski definition) is 8. The van der Waals surface area contributed by atoms with Crippen molar-refractivity contribution in [2.24, 2.45) is 0 Å². The number of aromatic nitrogens is 4. The first-order chi connectivity index (χ1) is 20.5. The lowest BCUT2D eigenvalue weighted by molar-refractivity contribution is -0.121. The van der Waals surface area contributed by atoms with Crippen LogP contribution >= 0.6 is 11.6 Å². The van der Waals surface area contributed by atoms with Gasteiger partial charge in [-0.3, -0.25) is 24.1 Å². The molecule has 2 aromatic carbocycles. The van der Waals surface area contributed by atoms with Gasteiger partial charge in [0.25, 0.3) is 5.56 Å². The number of fused-ring (bicyclic) bond motifs is 1. The molecular formula is C31H28ClN5O5. The summed E-state index contributed by atoms with van der Waals surface area (Å²) in [7, 11) is 1.52. The Kier molecular flexibility index (Phi) is 7.98. The lowest BCUT2D eigenvalue weighted by Crippen LogP contribution is -2.36. The van der Waals surface area contributed by atoms with Gasteiger partial charge in [0.15, 0.2) is 0 Å². The van der Waals surface area contributed by atoms with Gasteiger partial charge in [0.2, 0.25) is 5.91 Å². The number of ether oxygens (including phenoxy) is 2. The van der Waals surface area contributed by atoms with Crippen LogP contribution in [0, 0.1) is 0 Å². The Bertz CT molecular complexity index is 1780. The lowest BCUT2D eigenvalue weighted by Gasteiger charge is -2.28. The number of methoxy groups -OCH3 is 1. The molecule has 11 heteroatoms. The Morgan fingerprint density at radius 2 is 1.93 bits per heavy atom. The number of amides is 1. The van der Waals surface area contributed by atoms with Crippen LogP contribution in [-0.4, -0.2) is 45.4 Å². The van der Waals surface area contributed by atoms with Crippen LogP contribution in [0.2, 0.25) is 5.02 Å². The molecule has 0 saturated carbocycles. The Labute approximate surface area is 246 Å². The second kappa shape index (κ2) is 12.1. The molecule has 5 aromatic rings. The van der Waals surface area contributed by atoms with Crippen LogP contribution in [0.15, 0.2) is 82.7 Å². The molecule has 1 fully saturated rings. The van der Waals surface area contributed by atoms with Gasteiger partial charge >= 0.3 is 0 Å². The Morgan fingerprint density at radius 3 is 2.69 bits per heavy atom. The summed E-state index contributed by atoms with van der Waals surface area (Å²) >= 11 is 6.37. The molecule has 2 atom stereocenters. The van der Waals surface area contributed by atoms with Crippen molar-refractivity contribution in [3.63, 3.8) is 0 Å². The van der Waals surface area contributed by atoms with Crippen LogP contribution in [0.25, 0.3) is 33.4 Å². The van der Waals surface area contributed by atoms with E-state index in [1.807, 2.05) is 6.07 Å². The maximum atomic E-state index is 13.8. The smallest absolute Gasteiger partial charge is 0.252 e. The molecule has 1 aliphatic rings. The maximum absolute atomic E-state index is 13.8. The highest BCUT2D eigenvalue weighted by Crippen LogP contribution is 2.38. The van der Waals surface area contributed by atoms with Gasteiger partial charge in [0.1, 0.15) is 23.7 Å². The minimum absolute atomic E-state index is 0.166. The average Bonchev–Trinajstić information content (AvgIpc) is 3.55. The molecule has 3 aromatic heterocycles. The third-order valence-corrected chi connectivity index (χ3v) is 7.62. The number of nitrogens with one attached hydrogen (secondary N) is 1. The normalized spacial score (nSPS) is 15.8. The third kappa shape index (κ3) is 5.77. The van der Waals surface area contributed by atoms with Crippen LogP contribution in [0.3, 0.4) is 0 Å². The number of nitrogens with zero attached hydrogens (tertiary/aromatic N) is 4. The first-order valence-corrected chi connectivity index (χ1v) is 14.0. The number of halogens is 1. The molecule has 0 radical (unpaired) electrons. The molecule has 42 heavy (non-hydrogen) atoms. The van der Waals surface area contributed by atoms with Crippen molar-refractivity contribution in [2.45, 2.75) is 37.8 Å². The fourth-order valence-electron chi connectivity index (χ4n) is 5.32. The lowest BCUT2D eigenvalue weighted by atomic mass is 9.97. The number of pyridine rings is 1. The topological polar surface area (TPSA) is 121 Å². The van der Waals surface area contributed by atoms with Crippen LogP contribution in [0.1, 0.15) is 31.7 Å². The van der Waals surface area contributed by atoms with Gasteiger partial charge in [-0.1, -0.05) is 22.8 Å². The SMILES string of the molecule is COc1cn(C(C[C@@H]2CCCCO2)C(=O)Nc2ccc3nccnc3c2)c(=O)cc1-c1cc(Cl)ccc1-c1ccon1. The van der Waals surface area contributed by atoms with Gasteiger partial charge in [-0.05, 0) is 55.2 Å². The van der Waals surface area contributed by atoms with E-state index in [-0.39, 0.29) is 17.6 Å². The van der Waals surface area contributed by atoms with Crippen molar-refractivity contribution in [3.8, 4) is 28.1 Å². The first kappa shape index (κ1) is 27.6. The van der Waals surface area contributed by atoms with E-state index in [1.165, 1.54) is 24.0 Å². The molecule has 10 nitrogen and oxygen atoms in total. The van der Waals surface area contributed by atoms with E-state index in [4.69, 9.17) is 25.6 Å². The predicted octanol–water partition coefficient (Wildman–Crippen LogP) is 5.91. The maximum Gasteiger partial charge on any atom is 0.252 e. The summed E-state index contributed by atoms with van der Waals surface area (Å²) in [6, 6.07) is 12.9. The van der Waals surface area contributed by atoms with Crippen LogP contribution in [0.4, 0.5) is 5.69 Å². The van der Waals surface area contributed by atoms with Gasteiger partial charge in [-0.2, -0.15) is 0 Å². The molecule has 1 amide bonds. The zero-order valence-electron chi connectivity index (χ0n) is 22.8.